The van der Waals surface area contributed by atoms with Crippen molar-refractivity contribution < 1.29 is 4.79 Å². The second kappa shape index (κ2) is 3.33. The standard InChI is InChI=1S/C9H16N2O/c12-9-10-5-1-2-6-11(9)8-4-3-7-10/h1-8H2. The van der Waals surface area contributed by atoms with Gasteiger partial charge in [-0.3, -0.25) is 0 Å². The van der Waals surface area contributed by atoms with Crippen molar-refractivity contribution in [3.63, 3.8) is 0 Å². The van der Waals surface area contributed by atoms with E-state index in [2.05, 4.69) is 0 Å². The number of fused-ring (bicyclic) bond motifs is 2. The molecule has 0 radical (unpaired) electrons. The molecule has 0 aromatic heterocycles. The van der Waals surface area contributed by atoms with Crippen LogP contribution in [0.3, 0.4) is 0 Å². The molecule has 2 saturated heterocycles. The maximum atomic E-state index is 11.7. The van der Waals surface area contributed by atoms with Crippen LogP contribution in [-0.2, 0) is 0 Å². The molecule has 2 fully saturated rings. The number of amides is 2. The van der Waals surface area contributed by atoms with Crippen LogP contribution in [0.15, 0.2) is 0 Å². The Morgan fingerprint density at radius 3 is 1.42 bits per heavy atom. The van der Waals surface area contributed by atoms with Gasteiger partial charge in [0.05, 0.1) is 0 Å². The van der Waals surface area contributed by atoms with Crippen molar-refractivity contribution in [3.05, 3.63) is 0 Å². The Bertz CT molecular complexity index is 151. The predicted octanol–water partition coefficient (Wildman–Crippen LogP) is 1.30. The van der Waals surface area contributed by atoms with Gasteiger partial charge >= 0.3 is 6.03 Å². The van der Waals surface area contributed by atoms with Gasteiger partial charge in [-0.25, -0.2) is 4.79 Å². The SMILES string of the molecule is O=C1N2CCCCN1CCCC2. The molecule has 68 valence electrons. The van der Waals surface area contributed by atoms with Crippen molar-refractivity contribution in [2.75, 3.05) is 26.2 Å². The van der Waals surface area contributed by atoms with E-state index in [1.54, 1.807) is 0 Å². The van der Waals surface area contributed by atoms with E-state index in [1.165, 1.54) is 25.7 Å². The minimum atomic E-state index is 0.282. The number of hydrogen-bond acceptors (Lipinski definition) is 1. The van der Waals surface area contributed by atoms with Crippen LogP contribution in [0.2, 0.25) is 0 Å². The summed E-state index contributed by atoms with van der Waals surface area (Å²) in [6.45, 7) is 3.93. The molecule has 3 nitrogen and oxygen atoms in total. The first-order valence-corrected chi connectivity index (χ1v) is 4.92. The topological polar surface area (TPSA) is 23.6 Å². The molecule has 3 heteroatoms. The van der Waals surface area contributed by atoms with E-state index in [0.717, 1.165) is 26.2 Å². The number of nitrogens with zero attached hydrogens (tertiary/aromatic N) is 2. The van der Waals surface area contributed by atoms with Gasteiger partial charge in [0.1, 0.15) is 0 Å². The highest BCUT2D eigenvalue weighted by atomic mass is 16.2. The number of hydrogen-bond donors (Lipinski definition) is 0. The summed E-state index contributed by atoms with van der Waals surface area (Å²) in [7, 11) is 0. The van der Waals surface area contributed by atoms with Crippen LogP contribution in [0, 0.1) is 0 Å². The molecule has 0 N–H and O–H groups in total. The molecule has 2 bridgehead atoms. The summed E-state index contributed by atoms with van der Waals surface area (Å²) in [6.07, 6.45) is 4.73. The number of urea groups is 1. The van der Waals surface area contributed by atoms with E-state index in [-0.39, 0.29) is 6.03 Å². The molecule has 2 amide bonds. The lowest BCUT2D eigenvalue weighted by Gasteiger charge is -2.23. The van der Waals surface area contributed by atoms with E-state index >= 15 is 0 Å². The molecule has 2 aliphatic heterocycles. The third-order valence-electron chi connectivity index (χ3n) is 2.75. The lowest BCUT2D eigenvalue weighted by Crippen LogP contribution is -2.39. The van der Waals surface area contributed by atoms with Crippen LogP contribution in [0.1, 0.15) is 25.7 Å². The smallest absolute Gasteiger partial charge is 0.319 e. The first kappa shape index (κ1) is 7.90. The summed E-state index contributed by atoms with van der Waals surface area (Å²) in [4.78, 5) is 15.7. The van der Waals surface area contributed by atoms with Crippen molar-refractivity contribution in [2.45, 2.75) is 25.7 Å². The highest BCUT2D eigenvalue weighted by Crippen LogP contribution is 2.14. The first-order chi connectivity index (χ1) is 5.88. The van der Waals surface area contributed by atoms with E-state index < -0.39 is 0 Å². The van der Waals surface area contributed by atoms with Gasteiger partial charge in [0.25, 0.3) is 0 Å². The largest absolute Gasteiger partial charge is 0.325 e. The van der Waals surface area contributed by atoms with Crippen molar-refractivity contribution in [1.29, 1.82) is 0 Å². The van der Waals surface area contributed by atoms with Crippen molar-refractivity contribution in [3.8, 4) is 0 Å². The van der Waals surface area contributed by atoms with Crippen LogP contribution in [-0.4, -0.2) is 42.0 Å². The Kier molecular flexibility index (Phi) is 2.19. The normalized spacial score (nSPS) is 25.2. The van der Waals surface area contributed by atoms with Crippen molar-refractivity contribution >= 4 is 6.03 Å². The lowest BCUT2D eigenvalue weighted by atomic mass is 10.2. The predicted molar refractivity (Wildman–Crippen MR) is 47.0 cm³/mol. The Labute approximate surface area is 73.3 Å². The van der Waals surface area contributed by atoms with E-state index in [4.69, 9.17) is 0 Å². The number of rotatable bonds is 0. The van der Waals surface area contributed by atoms with Crippen LogP contribution in [0.4, 0.5) is 4.79 Å². The van der Waals surface area contributed by atoms with Gasteiger partial charge in [0.15, 0.2) is 0 Å². The summed E-state index contributed by atoms with van der Waals surface area (Å²) in [5.74, 6) is 0. The highest BCUT2D eigenvalue weighted by Gasteiger charge is 2.25. The fourth-order valence-corrected chi connectivity index (χ4v) is 2.02. The van der Waals surface area contributed by atoms with E-state index in [0.29, 0.717) is 0 Å². The molecule has 2 rings (SSSR count). The second-order valence-corrected chi connectivity index (χ2v) is 3.67. The molecule has 2 heterocycles. The molecular weight excluding hydrogens is 152 g/mol. The molecule has 0 saturated carbocycles. The summed E-state index contributed by atoms with van der Waals surface area (Å²) < 4.78 is 0. The third-order valence-corrected chi connectivity index (χ3v) is 2.75. The van der Waals surface area contributed by atoms with Gasteiger partial charge in [0.2, 0.25) is 0 Å². The van der Waals surface area contributed by atoms with Gasteiger partial charge in [-0.2, -0.15) is 0 Å². The molecule has 0 aromatic carbocycles. The van der Waals surface area contributed by atoms with Crippen molar-refractivity contribution in [2.24, 2.45) is 0 Å². The molecule has 0 aliphatic carbocycles. The fraction of sp³-hybridized carbons (Fsp3) is 0.889. The molecule has 0 atom stereocenters. The Balaban J connectivity index is 2.12. The summed E-state index contributed by atoms with van der Waals surface area (Å²) in [5, 5.41) is 0. The minimum absolute atomic E-state index is 0.282. The fourth-order valence-electron chi connectivity index (χ4n) is 2.02. The van der Waals surface area contributed by atoms with Crippen LogP contribution in [0.25, 0.3) is 0 Å². The number of carbonyl (C=O) groups is 1. The molecule has 2 aliphatic rings. The zero-order valence-corrected chi connectivity index (χ0v) is 7.46. The van der Waals surface area contributed by atoms with Gasteiger partial charge in [-0.1, -0.05) is 0 Å². The average Bonchev–Trinajstić information content (AvgIpc) is 2.37. The quantitative estimate of drug-likeness (QED) is 0.534. The zero-order valence-electron chi connectivity index (χ0n) is 7.46. The average molecular weight is 168 g/mol. The third kappa shape index (κ3) is 1.40. The second-order valence-electron chi connectivity index (χ2n) is 3.67. The maximum absolute atomic E-state index is 11.7. The molecule has 0 aromatic rings. The Morgan fingerprint density at radius 2 is 1.08 bits per heavy atom. The van der Waals surface area contributed by atoms with Gasteiger partial charge in [0, 0.05) is 26.2 Å². The van der Waals surface area contributed by atoms with Crippen LogP contribution < -0.4 is 0 Å². The zero-order chi connectivity index (χ0) is 8.39. The molecule has 0 unspecified atom stereocenters. The van der Waals surface area contributed by atoms with E-state index in [9.17, 15) is 4.79 Å². The molecular formula is C9H16N2O. The van der Waals surface area contributed by atoms with Crippen LogP contribution in [0.5, 0.6) is 0 Å². The maximum Gasteiger partial charge on any atom is 0.319 e. The lowest BCUT2D eigenvalue weighted by molar-refractivity contribution is 0.173. The Hall–Kier alpha value is -0.730. The summed E-state index contributed by atoms with van der Waals surface area (Å²) in [5.41, 5.74) is 0. The Morgan fingerprint density at radius 1 is 0.750 bits per heavy atom. The number of carbonyl (C=O) groups excluding carboxylic acids is 1. The monoisotopic (exact) mass is 168 g/mol. The summed E-state index contributed by atoms with van der Waals surface area (Å²) >= 11 is 0. The van der Waals surface area contributed by atoms with Crippen LogP contribution >= 0.6 is 0 Å². The van der Waals surface area contributed by atoms with Gasteiger partial charge < -0.3 is 9.80 Å². The highest BCUT2D eigenvalue weighted by molar-refractivity contribution is 5.74. The van der Waals surface area contributed by atoms with Gasteiger partial charge in [-0.15, -0.1) is 0 Å². The minimum Gasteiger partial charge on any atom is -0.325 e. The first-order valence-electron chi connectivity index (χ1n) is 4.92. The van der Waals surface area contributed by atoms with Gasteiger partial charge in [-0.05, 0) is 25.7 Å². The summed E-state index contributed by atoms with van der Waals surface area (Å²) in [6, 6.07) is 0.282. The van der Waals surface area contributed by atoms with E-state index in [1.807, 2.05) is 9.80 Å². The molecule has 0 spiro atoms. The van der Waals surface area contributed by atoms with Crippen molar-refractivity contribution in [1.82, 2.24) is 9.80 Å². The molecule has 12 heavy (non-hydrogen) atoms.